The molecular formula is C17H27NO3. The molecule has 4 heteroatoms. The number of hydrogen-bond donors (Lipinski definition) is 1. The van der Waals surface area contributed by atoms with Crippen molar-refractivity contribution in [3.63, 3.8) is 0 Å². The molecule has 0 amide bonds. The summed E-state index contributed by atoms with van der Waals surface area (Å²) in [5, 5.41) is 3.59. The zero-order chi connectivity index (χ0) is 15.2. The van der Waals surface area contributed by atoms with Gasteiger partial charge in [0.15, 0.2) is 6.29 Å². The van der Waals surface area contributed by atoms with E-state index in [9.17, 15) is 0 Å². The summed E-state index contributed by atoms with van der Waals surface area (Å²) in [6.07, 6.45) is 1.78. The fourth-order valence-corrected chi connectivity index (χ4v) is 2.73. The van der Waals surface area contributed by atoms with E-state index < -0.39 is 0 Å². The average Bonchev–Trinajstić information content (AvgIpc) is 2.99. The average molecular weight is 293 g/mol. The van der Waals surface area contributed by atoms with Crippen molar-refractivity contribution in [1.82, 2.24) is 5.32 Å². The van der Waals surface area contributed by atoms with E-state index in [4.69, 9.17) is 14.2 Å². The summed E-state index contributed by atoms with van der Waals surface area (Å²) in [5.74, 6) is 0.974. The minimum absolute atomic E-state index is 0.120. The lowest BCUT2D eigenvalue weighted by atomic mass is 9.96. The Morgan fingerprint density at radius 3 is 2.62 bits per heavy atom. The Kier molecular flexibility index (Phi) is 6.03. The largest absolute Gasteiger partial charge is 0.496 e. The molecule has 1 aliphatic heterocycles. The Labute approximate surface area is 127 Å². The van der Waals surface area contributed by atoms with E-state index in [0.29, 0.717) is 13.2 Å². The molecule has 0 radical (unpaired) electrons. The van der Waals surface area contributed by atoms with Crippen molar-refractivity contribution < 1.29 is 14.2 Å². The van der Waals surface area contributed by atoms with E-state index in [1.807, 2.05) is 0 Å². The van der Waals surface area contributed by atoms with Gasteiger partial charge in [-0.1, -0.05) is 19.1 Å². The highest BCUT2D eigenvalue weighted by Crippen LogP contribution is 2.33. The van der Waals surface area contributed by atoms with E-state index in [-0.39, 0.29) is 12.3 Å². The zero-order valence-corrected chi connectivity index (χ0v) is 13.6. The highest BCUT2D eigenvalue weighted by molar-refractivity contribution is 5.46. The number of ether oxygens (including phenoxy) is 3. The quantitative estimate of drug-likeness (QED) is 0.838. The van der Waals surface area contributed by atoms with Crippen LogP contribution in [0, 0.1) is 13.8 Å². The summed E-state index contributed by atoms with van der Waals surface area (Å²) >= 11 is 0. The molecule has 2 rings (SSSR count). The molecule has 0 spiro atoms. The molecule has 0 saturated carbocycles. The fraction of sp³-hybridized carbons (Fsp3) is 0.647. The van der Waals surface area contributed by atoms with Gasteiger partial charge in [-0.3, -0.25) is 0 Å². The van der Waals surface area contributed by atoms with Crippen LogP contribution in [0.4, 0.5) is 0 Å². The zero-order valence-electron chi connectivity index (χ0n) is 13.6. The van der Waals surface area contributed by atoms with Crippen molar-refractivity contribution in [2.45, 2.75) is 45.9 Å². The Morgan fingerprint density at radius 2 is 2.00 bits per heavy atom. The minimum Gasteiger partial charge on any atom is -0.496 e. The van der Waals surface area contributed by atoms with Crippen molar-refractivity contribution in [2.75, 3.05) is 26.9 Å². The summed E-state index contributed by atoms with van der Waals surface area (Å²) in [4.78, 5) is 0. The summed E-state index contributed by atoms with van der Waals surface area (Å²) in [7, 11) is 1.74. The van der Waals surface area contributed by atoms with Gasteiger partial charge in [-0.05, 0) is 37.9 Å². The molecule has 1 fully saturated rings. The maximum absolute atomic E-state index is 5.66. The van der Waals surface area contributed by atoms with E-state index in [1.54, 1.807) is 7.11 Å². The number of benzene rings is 1. The van der Waals surface area contributed by atoms with Crippen LogP contribution in [-0.2, 0) is 9.47 Å². The lowest BCUT2D eigenvalue weighted by molar-refractivity contribution is -0.0531. The number of methoxy groups -OCH3 is 1. The maximum atomic E-state index is 5.66. The first-order chi connectivity index (χ1) is 10.2. The van der Waals surface area contributed by atoms with Crippen LogP contribution in [-0.4, -0.2) is 33.2 Å². The highest BCUT2D eigenvalue weighted by Gasteiger charge is 2.25. The summed E-state index contributed by atoms with van der Waals surface area (Å²) in [5.41, 5.74) is 3.64. The van der Waals surface area contributed by atoms with Crippen LogP contribution in [0.3, 0.4) is 0 Å². The maximum Gasteiger partial charge on any atom is 0.159 e. The third kappa shape index (κ3) is 3.96. The Hall–Kier alpha value is -1.10. The number of rotatable bonds is 7. The van der Waals surface area contributed by atoms with Gasteiger partial charge >= 0.3 is 0 Å². The molecule has 1 aromatic carbocycles. The van der Waals surface area contributed by atoms with Gasteiger partial charge in [0, 0.05) is 18.0 Å². The number of hydrogen-bond acceptors (Lipinski definition) is 4. The topological polar surface area (TPSA) is 39.7 Å². The van der Waals surface area contributed by atoms with Gasteiger partial charge in [-0.2, -0.15) is 0 Å². The molecule has 1 atom stereocenters. The molecule has 1 heterocycles. The molecular weight excluding hydrogens is 266 g/mol. The molecule has 0 bridgehead atoms. The Balaban J connectivity index is 2.24. The van der Waals surface area contributed by atoms with Gasteiger partial charge in [0.2, 0.25) is 0 Å². The first kappa shape index (κ1) is 16.3. The van der Waals surface area contributed by atoms with E-state index in [2.05, 4.69) is 38.2 Å². The van der Waals surface area contributed by atoms with Gasteiger partial charge in [0.25, 0.3) is 0 Å². The molecule has 4 nitrogen and oxygen atoms in total. The summed E-state index contributed by atoms with van der Waals surface area (Å²) < 4.78 is 16.9. The molecule has 1 aliphatic rings. The summed E-state index contributed by atoms with van der Waals surface area (Å²) in [6, 6.07) is 4.50. The Bertz CT molecular complexity index is 456. The standard InChI is InChI=1S/C17H27NO3/c1-5-8-18-15(11-16-20-9-10-21-16)14-7-6-12(2)13(3)17(14)19-4/h6-7,15-16,18H,5,8-11H2,1-4H3. The third-order valence-corrected chi connectivity index (χ3v) is 4.05. The molecule has 1 aromatic rings. The molecule has 1 saturated heterocycles. The normalized spacial score (nSPS) is 17.1. The van der Waals surface area contributed by atoms with Crippen molar-refractivity contribution >= 4 is 0 Å². The second-order valence-electron chi connectivity index (χ2n) is 5.54. The lowest BCUT2D eigenvalue weighted by Crippen LogP contribution is -2.27. The third-order valence-electron chi connectivity index (χ3n) is 4.05. The van der Waals surface area contributed by atoms with Gasteiger partial charge in [-0.15, -0.1) is 0 Å². The van der Waals surface area contributed by atoms with E-state index >= 15 is 0 Å². The first-order valence-electron chi connectivity index (χ1n) is 7.78. The smallest absolute Gasteiger partial charge is 0.159 e. The van der Waals surface area contributed by atoms with E-state index in [1.165, 1.54) is 16.7 Å². The van der Waals surface area contributed by atoms with Crippen LogP contribution in [0.15, 0.2) is 12.1 Å². The SMILES string of the molecule is CCCNC(CC1OCCO1)c1ccc(C)c(C)c1OC. The number of nitrogens with one attached hydrogen (secondary N) is 1. The molecule has 21 heavy (non-hydrogen) atoms. The second-order valence-corrected chi connectivity index (χ2v) is 5.54. The molecule has 1 unspecified atom stereocenters. The van der Waals surface area contributed by atoms with Gasteiger partial charge in [0.1, 0.15) is 5.75 Å². The molecule has 0 aromatic heterocycles. The Morgan fingerprint density at radius 1 is 1.29 bits per heavy atom. The first-order valence-corrected chi connectivity index (χ1v) is 7.78. The molecule has 1 N–H and O–H groups in total. The van der Waals surface area contributed by atoms with Crippen LogP contribution in [0.2, 0.25) is 0 Å². The van der Waals surface area contributed by atoms with Crippen LogP contribution < -0.4 is 10.1 Å². The minimum atomic E-state index is -0.120. The second kappa shape index (κ2) is 7.78. The van der Waals surface area contributed by atoms with Crippen molar-refractivity contribution in [1.29, 1.82) is 0 Å². The fourth-order valence-electron chi connectivity index (χ4n) is 2.73. The number of aryl methyl sites for hydroxylation is 1. The predicted molar refractivity (Wildman–Crippen MR) is 83.8 cm³/mol. The highest BCUT2D eigenvalue weighted by atomic mass is 16.7. The molecule has 0 aliphatic carbocycles. The van der Waals surface area contributed by atoms with E-state index in [0.717, 1.165) is 25.1 Å². The van der Waals surface area contributed by atoms with Gasteiger partial charge in [-0.25, -0.2) is 0 Å². The summed E-state index contributed by atoms with van der Waals surface area (Å²) in [6.45, 7) is 8.73. The predicted octanol–water partition coefficient (Wildman–Crippen LogP) is 3.12. The van der Waals surface area contributed by atoms with Crippen molar-refractivity contribution in [3.05, 3.63) is 28.8 Å². The van der Waals surface area contributed by atoms with Crippen molar-refractivity contribution in [3.8, 4) is 5.75 Å². The molecule has 118 valence electrons. The monoisotopic (exact) mass is 293 g/mol. The van der Waals surface area contributed by atoms with Crippen LogP contribution in [0.1, 0.15) is 42.5 Å². The van der Waals surface area contributed by atoms with Crippen molar-refractivity contribution in [2.24, 2.45) is 0 Å². The van der Waals surface area contributed by atoms with Gasteiger partial charge in [0.05, 0.1) is 20.3 Å². The lowest BCUT2D eigenvalue weighted by Gasteiger charge is -2.25. The van der Waals surface area contributed by atoms with Crippen LogP contribution in [0.5, 0.6) is 5.75 Å². The van der Waals surface area contributed by atoms with Crippen LogP contribution in [0.25, 0.3) is 0 Å². The van der Waals surface area contributed by atoms with Crippen LogP contribution >= 0.6 is 0 Å². The van der Waals surface area contributed by atoms with Gasteiger partial charge < -0.3 is 19.5 Å².